The van der Waals surface area contributed by atoms with Crippen molar-refractivity contribution in [3.05, 3.63) is 0 Å². The van der Waals surface area contributed by atoms with Gasteiger partial charge in [-0.2, -0.15) is 0 Å². The van der Waals surface area contributed by atoms with E-state index in [-0.39, 0.29) is 0 Å². The molecule has 0 N–H and O–H groups in total. The summed E-state index contributed by atoms with van der Waals surface area (Å²) in [5, 5.41) is 0. The Labute approximate surface area is 47.5 Å². The van der Waals surface area contributed by atoms with E-state index in [1.165, 1.54) is 0 Å². The average Bonchev–Trinajstić information content (AvgIpc) is 0.650. The third-order valence-electron chi connectivity index (χ3n) is 0. The Morgan fingerprint density at radius 2 is 1.00 bits per heavy atom. The van der Waals surface area contributed by atoms with Crippen LogP contribution in [0.4, 0.5) is 0 Å². The Hall–Kier alpha value is 1.04. The van der Waals surface area contributed by atoms with Crippen LogP contribution in [0.15, 0.2) is 0 Å². The molecule has 0 saturated heterocycles. The van der Waals surface area contributed by atoms with Crippen LogP contribution in [0.1, 0.15) is 0 Å². The van der Waals surface area contributed by atoms with Crippen molar-refractivity contribution in [2.45, 2.75) is 22.8 Å². The van der Waals surface area contributed by atoms with Gasteiger partial charge in [-0.05, 0) is 0 Å². The fraction of sp³-hybridized carbons (Fsp3) is 1.00. The number of rotatable bonds is 0. The molecule has 0 aliphatic rings. The maximum absolute atomic E-state index is 3.66. The van der Waals surface area contributed by atoms with E-state index in [4.69, 9.17) is 0 Å². The summed E-state index contributed by atoms with van der Waals surface area (Å²) in [7, 11) is -1.68. The minimum absolute atomic E-state index is 1.68. The zero-order valence-corrected chi connectivity index (χ0v) is 8.29. The van der Waals surface area contributed by atoms with Crippen LogP contribution in [0.2, 0.25) is 22.8 Å². The van der Waals surface area contributed by atoms with E-state index in [2.05, 4.69) is 36.8 Å². The Morgan fingerprint density at radius 3 is 1.00 bits per heavy atom. The molecule has 6 heavy (non-hydrogen) atoms. The van der Waals surface area contributed by atoms with Crippen molar-refractivity contribution in [3.8, 4) is 0 Å². The molecule has 0 aromatic rings. The van der Waals surface area contributed by atoms with E-state index in [1.807, 2.05) is 0 Å². The molecule has 0 aromatic heterocycles. The van der Waals surface area contributed by atoms with Crippen LogP contribution in [0.3, 0.4) is 0 Å². The molecule has 0 amide bonds. The molecule has 0 aromatic carbocycles. The fourth-order valence-electron chi connectivity index (χ4n) is 0. The fourth-order valence-corrected chi connectivity index (χ4v) is 0. The number of hydrogen-bond donors (Lipinski definition) is 0. The summed E-state index contributed by atoms with van der Waals surface area (Å²) in [6, 6.07) is 0. The topological polar surface area (TPSA) is 0 Å². The van der Waals surface area contributed by atoms with E-state index in [0.717, 1.165) is 0 Å². The molecule has 2 heteroatoms. The van der Waals surface area contributed by atoms with Crippen molar-refractivity contribution in [3.63, 3.8) is 0 Å². The summed E-state index contributed by atoms with van der Waals surface area (Å²) in [4.78, 5) is 0. The van der Waals surface area contributed by atoms with Crippen molar-refractivity contribution < 1.29 is 0 Å². The first-order chi connectivity index (χ1) is 2.24. The summed E-state index contributed by atoms with van der Waals surface area (Å²) >= 11 is 3.66. The Kier molecular flexibility index (Phi) is 1.48. The summed E-state index contributed by atoms with van der Waals surface area (Å²) in [5.74, 6) is 0. The van der Waals surface area contributed by atoms with Crippen LogP contribution in [-0.4, -0.2) is 10.6 Å². The van der Waals surface area contributed by atoms with Gasteiger partial charge in [-0.15, -0.1) is 0 Å². The molecule has 0 aliphatic heterocycles. The Morgan fingerprint density at radius 1 is 1.00 bits per heavy atom. The zero-order valence-electron chi connectivity index (χ0n) is 4.83. The van der Waals surface area contributed by atoms with Gasteiger partial charge < -0.3 is 0 Å². The normalized spacial score (nSPS) is 19.2. The van der Waals surface area contributed by atoms with Gasteiger partial charge in [0, 0.05) is 0 Å². The molecule has 0 rings (SSSR count). The Balaban J connectivity index is 3.73. The molecule has 0 atom stereocenters. The van der Waals surface area contributed by atoms with Gasteiger partial charge in [-0.1, -0.05) is 0 Å². The molecule has 0 aliphatic carbocycles. The monoisotopic (exact) mass is 214 g/mol. The summed E-state index contributed by atoms with van der Waals surface area (Å²) in [5.41, 5.74) is 9.22. The first-order valence-corrected chi connectivity index (χ1v) is 13.9. The summed E-state index contributed by atoms with van der Waals surface area (Å²) in [6.07, 6.45) is 0. The second-order valence-corrected chi connectivity index (χ2v) is 32.2. The van der Waals surface area contributed by atoms with Crippen LogP contribution in [0.5, 0.6) is 0 Å². The molecular weight excluding hydrogens is 203 g/mol. The second-order valence-electron chi connectivity index (χ2n) is 3.36. The van der Waals surface area contributed by atoms with Crippen LogP contribution in [0.25, 0.3) is 0 Å². The van der Waals surface area contributed by atoms with Crippen LogP contribution < -0.4 is 0 Å². The number of halogens is 1. The zero-order chi connectivity index (χ0) is 5.45. The predicted molar refractivity (Wildman–Crippen MR) is 38.1 cm³/mol. The van der Waals surface area contributed by atoms with E-state index in [0.29, 0.717) is 0 Å². The van der Waals surface area contributed by atoms with Crippen molar-refractivity contribution in [2.24, 2.45) is 0 Å². The molecule has 0 nitrogen and oxygen atoms in total. The van der Waals surface area contributed by atoms with E-state index in [1.54, 1.807) is 0 Å². The van der Waals surface area contributed by atoms with Crippen LogP contribution >= 0.6 is 13.9 Å². The third kappa shape index (κ3) is 76.2. The van der Waals surface area contributed by atoms with Gasteiger partial charge >= 0.3 is 47.4 Å². The van der Waals surface area contributed by atoms with Gasteiger partial charge in [0.2, 0.25) is 0 Å². The number of hydrogen-bond acceptors (Lipinski definition) is 0. The SMILES string of the molecule is C[As](C)(C)(C)Br. The van der Waals surface area contributed by atoms with Crippen molar-refractivity contribution in [2.75, 3.05) is 0 Å². The van der Waals surface area contributed by atoms with Gasteiger partial charge in [-0.25, -0.2) is 0 Å². The molecule has 0 unspecified atom stereocenters. The second kappa shape index (κ2) is 1.26. The molecule has 0 radical (unpaired) electrons. The first-order valence-electron chi connectivity index (χ1n) is 1.96. The average molecular weight is 215 g/mol. The predicted octanol–water partition coefficient (Wildman–Crippen LogP) is 2.80. The van der Waals surface area contributed by atoms with Gasteiger partial charge in [0.05, 0.1) is 0 Å². The first kappa shape index (κ1) is 7.04. The standard InChI is InChI=1S/C4H12AsBr/c1-5(2,3,4)6/h1-4H3. The maximum atomic E-state index is 3.66. The summed E-state index contributed by atoms with van der Waals surface area (Å²) < 4.78 is 0. The molecule has 40 valence electrons. The molecule has 0 spiro atoms. The van der Waals surface area contributed by atoms with Crippen molar-refractivity contribution in [1.29, 1.82) is 0 Å². The third-order valence-corrected chi connectivity index (χ3v) is 0. The van der Waals surface area contributed by atoms with Crippen LogP contribution in [0, 0.1) is 0 Å². The minimum atomic E-state index is -1.68. The van der Waals surface area contributed by atoms with E-state index >= 15 is 0 Å². The van der Waals surface area contributed by atoms with Gasteiger partial charge in [0.15, 0.2) is 0 Å². The van der Waals surface area contributed by atoms with E-state index < -0.39 is 10.6 Å². The van der Waals surface area contributed by atoms with Crippen molar-refractivity contribution >= 4 is 24.5 Å². The molecule has 0 saturated carbocycles. The van der Waals surface area contributed by atoms with Gasteiger partial charge in [0.25, 0.3) is 0 Å². The molecule has 0 heterocycles. The van der Waals surface area contributed by atoms with Gasteiger partial charge in [0.1, 0.15) is 0 Å². The molecule has 0 fully saturated rings. The molecular formula is C4H12AsBr. The van der Waals surface area contributed by atoms with Crippen LogP contribution in [-0.2, 0) is 0 Å². The quantitative estimate of drug-likeness (QED) is 0.545. The van der Waals surface area contributed by atoms with Crippen molar-refractivity contribution in [1.82, 2.24) is 0 Å². The Bertz CT molecular complexity index is 40.7. The molecule has 0 bridgehead atoms. The van der Waals surface area contributed by atoms with Gasteiger partial charge in [-0.3, -0.25) is 0 Å². The summed E-state index contributed by atoms with van der Waals surface area (Å²) in [6.45, 7) is 0. The van der Waals surface area contributed by atoms with E-state index in [9.17, 15) is 0 Å².